The summed E-state index contributed by atoms with van der Waals surface area (Å²) in [6.07, 6.45) is 57.9. The number of unbranched alkanes of at least 4 members (excludes halogenated alkanes) is 19. The minimum absolute atomic E-state index is 0.0199. The van der Waals surface area contributed by atoms with Gasteiger partial charge in [0.05, 0.1) is 40.3 Å². The fourth-order valence-electron chi connectivity index (χ4n) is 7.09. The molecule has 0 fully saturated rings. The van der Waals surface area contributed by atoms with Crippen LogP contribution in [0.15, 0.2) is 72.9 Å². The van der Waals surface area contributed by atoms with Crippen molar-refractivity contribution in [2.45, 2.75) is 219 Å². The van der Waals surface area contributed by atoms with E-state index in [9.17, 15) is 19.5 Å². The molecule has 0 aliphatic rings. The number of aliphatic carboxylic acids is 1. The predicted molar refractivity (Wildman–Crippen MR) is 263 cm³/mol. The van der Waals surface area contributed by atoms with Crippen LogP contribution in [0.5, 0.6) is 0 Å². The minimum atomic E-state index is -1.13. The van der Waals surface area contributed by atoms with Gasteiger partial charge < -0.3 is 28.6 Å². The molecular formula is C55H95NO7. The molecule has 0 saturated carbocycles. The second kappa shape index (κ2) is 45.3. The summed E-state index contributed by atoms with van der Waals surface area (Å²) in [5.41, 5.74) is 0. The van der Waals surface area contributed by atoms with E-state index in [2.05, 4.69) is 86.8 Å². The Kier molecular flexibility index (Phi) is 43.0. The van der Waals surface area contributed by atoms with E-state index in [1.807, 2.05) is 0 Å². The average Bonchev–Trinajstić information content (AvgIpc) is 3.24. The lowest BCUT2D eigenvalue weighted by Crippen LogP contribution is -2.55. The van der Waals surface area contributed by atoms with Crippen LogP contribution in [0.25, 0.3) is 0 Å². The molecule has 0 heterocycles. The summed E-state index contributed by atoms with van der Waals surface area (Å²) < 4.78 is 17.2. The van der Waals surface area contributed by atoms with Crippen LogP contribution in [0.2, 0.25) is 0 Å². The van der Waals surface area contributed by atoms with Crippen LogP contribution >= 0.6 is 0 Å². The van der Waals surface area contributed by atoms with Gasteiger partial charge in [0.2, 0.25) is 0 Å². The smallest absolute Gasteiger partial charge is 0.306 e. The third-order valence-corrected chi connectivity index (χ3v) is 11.1. The van der Waals surface area contributed by atoms with Crippen molar-refractivity contribution in [2.75, 3.05) is 41.0 Å². The molecule has 0 N–H and O–H groups in total. The molecule has 362 valence electrons. The average molecular weight is 882 g/mol. The fourth-order valence-corrected chi connectivity index (χ4v) is 7.09. The molecule has 2 atom stereocenters. The van der Waals surface area contributed by atoms with Gasteiger partial charge in [-0.1, -0.05) is 177 Å². The summed E-state index contributed by atoms with van der Waals surface area (Å²) in [6, 6.07) is -0.738. The second-order valence-corrected chi connectivity index (χ2v) is 18.0. The highest BCUT2D eigenvalue weighted by Gasteiger charge is 2.25. The number of carbonyl (C=O) groups is 3. The van der Waals surface area contributed by atoms with Crippen molar-refractivity contribution < 1.29 is 38.2 Å². The third-order valence-electron chi connectivity index (χ3n) is 11.1. The van der Waals surface area contributed by atoms with Crippen molar-refractivity contribution in [3.63, 3.8) is 0 Å². The maximum atomic E-state index is 12.8. The van der Waals surface area contributed by atoms with Gasteiger partial charge in [-0.3, -0.25) is 9.59 Å². The van der Waals surface area contributed by atoms with Crippen molar-refractivity contribution in [1.29, 1.82) is 0 Å². The number of esters is 2. The standard InChI is InChI=1S/C55H95NO7/c1-6-8-10-12-14-16-18-20-22-24-25-26-27-28-30-32-34-36-38-40-42-44-46-54(58)63-51(49-61-48-47-52(55(59)60)56(3,4)5)50-62-53(57)45-43-41-39-37-35-33-31-29-23-21-19-17-15-13-11-9-7-2/h14,16,20-23,25-26,31,33,37,39,51-52H,6-13,15,17-19,24,27-30,32,34-36,38,40-50H2,1-5H3/b16-14+,22-20+,23-21+,26-25+,33-31+,39-37+. The Morgan fingerprint density at radius 2 is 0.857 bits per heavy atom. The van der Waals surface area contributed by atoms with Gasteiger partial charge in [0.1, 0.15) is 12.6 Å². The number of carboxylic acids is 1. The van der Waals surface area contributed by atoms with Crippen LogP contribution in [0.1, 0.15) is 206 Å². The molecular weight excluding hydrogens is 787 g/mol. The number of carbonyl (C=O) groups excluding carboxylic acids is 3. The van der Waals surface area contributed by atoms with E-state index in [1.165, 1.54) is 109 Å². The number of allylic oxidation sites excluding steroid dienone is 12. The first kappa shape index (κ1) is 59.8. The van der Waals surface area contributed by atoms with E-state index in [0.717, 1.165) is 57.8 Å². The molecule has 0 aliphatic heterocycles. The van der Waals surface area contributed by atoms with E-state index in [4.69, 9.17) is 14.2 Å². The van der Waals surface area contributed by atoms with E-state index in [-0.39, 0.29) is 49.1 Å². The first-order valence-corrected chi connectivity index (χ1v) is 25.5. The van der Waals surface area contributed by atoms with Gasteiger partial charge in [0.15, 0.2) is 6.10 Å². The molecule has 0 saturated heterocycles. The summed E-state index contributed by atoms with van der Waals surface area (Å²) in [7, 11) is 5.39. The highest BCUT2D eigenvalue weighted by molar-refractivity contribution is 5.70. The van der Waals surface area contributed by atoms with Crippen LogP contribution in [-0.2, 0) is 28.6 Å². The van der Waals surface area contributed by atoms with Crippen LogP contribution in [0.3, 0.4) is 0 Å². The second-order valence-electron chi connectivity index (χ2n) is 18.0. The molecule has 0 spiro atoms. The zero-order valence-electron chi connectivity index (χ0n) is 41.2. The van der Waals surface area contributed by atoms with Gasteiger partial charge in [0, 0.05) is 19.3 Å². The van der Waals surface area contributed by atoms with Crippen LogP contribution in [0.4, 0.5) is 0 Å². The number of ether oxygens (including phenoxy) is 3. The first-order valence-electron chi connectivity index (χ1n) is 25.5. The van der Waals surface area contributed by atoms with Gasteiger partial charge >= 0.3 is 11.9 Å². The van der Waals surface area contributed by atoms with E-state index in [0.29, 0.717) is 12.8 Å². The Morgan fingerprint density at radius 1 is 0.476 bits per heavy atom. The summed E-state index contributed by atoms with van der Waals surface area (Å²) in [6.45, 7) is 4.57. The number of hydrogen-bond donors (Lipinski definition) is 0. The number of quaternary nitrogens is 1. The van der Waals surface area contributed by atoms with Crippen LogP contribution in [0, 0.1) is 0 Å². The zero-order chi connectivity index (χ0) is 46.3. The number of nitrogens with zero attached hydrogens (tertiary/aromatic N) is 1. The molecule has 0 amide bonds. The van der Waals surface area contributed by atoms with Crippen molar-refractivity contribution in [1.82, 2.24) is 0 Å². The maximum Gasteiger partial charge on any atom is 0.306 e. The molecule has 0 aromatic heterocycles. The zero-order valence-corrected chi connectivity index (χ0v) is 41.2. The van der Waals surface area contributed by atoms with Gasteiger partial charge in [-0.15, -0.1) is 0 Å². The van der Waals surface area contributed by atoms with E-state index >= 15 is 0 Å². The van der Waals surface area contributed by atoms with Crippen LogP contribution in [-0.4, -0.2) is 75.5 Å². The topological polar surface area (TPSA) is 102 Å². The monoisotopic (exact) mass is 882 g/mol. The molecule has 0 aliphatic carbocycles. The fraction of sp³-hybridized carbons (Fsp3) is 0.727. The number of likely N-dealkylation sites (N-methyl/N-ethyl adjacent to an activating group) is 1. The van der Waals surface area contributed by atoms with Gasteiger partial charge in [0.25, 0.3) is 0 Å². The van der Waals surface area contributed by atoms with Gasteiger partial charge in [-0.05, 0) is 83.5 Å². The lowest BCUT2D eigenvalue weighted by Gasteiger charge is -2.34. The van der Waals surface area contributed by atoms with Crippen molar-refractivity contribution >= 4 is 17.9 Å². The molecule has 0 rings (SSSR count). The Labute approximate surface area is 387 Å². The SMILES string of the molecule is CCCCC/C=C/C/C=C/C/C=C/CCCCCCCCCCCC(=O)OC(COCCC(C(=O)[O-])[N+](C)(C)C)COC(=O)CCC/C=C/C/C=C/C/C=C/CCCCCCCC. The maximum absolute atomic E-state index is 12.8. The Balaban J connectivity index is 4.34. The summed E-state index contributed by atoms with van der Waals surface area (Å²) in [5.74, 6) is -1.81. The van der Waals surface area contributed by atoms with Crippen molar-refractivity contribution in [2.24, 2.45) is 0 Å². The van der Waals surface area contributed by atoms with Gasteiger partial charge in [-0.25, -0.2) is 0 Å². The molecule has 0 aromatic carbocycles. The summed E-state index contributed by atoms with van der Waals surface area (Å²) >= 11 is 0. The molecule has 2 unspecified atom stereocenters. The number of hydrogen-bond acceptors (Lipinski definition) is 7. The van der Waals surface area contributed by atoms with Gasteiger partial charge in [-0.2, -0.15) is 0 Å². The number of carboxylic acid groups (broad SMARTS) is 1. The van der Waals surface area contributed by atoms with Crippen LogP contribution < -0.4 is 5.11 Å². The Morgan fingerprint density at radius 3 is 1.32 bits per heavy atom. The lowest BCUT2D eigenvalue weighted by atomic mass is 10.1. The summed E-state index contributed by atoms with van der Waals surface area (Å²) in [4.78, 5) is 37.0. The molecule has 0 bridgehead atoms. The third kappa shape index (κ3) is 43.8. The Hall–Kier alpha value is -3.23. The predicted octanol–water partition coefficient (Wildman–Crippen LogP) is 13.4. The quantitative estimate of drug-likeness (QED) is 0.0260. The largest absolute Gasteiger partial charge is 0.544 e. The lowest BCUT2D eigenvalue weighted by molar-refractivity contribution is -0.889. The van der Waals surface area contributed by atoms with E-state index in [1.54, 1.807) is 21.1 Å². The Bertz CT molecular complexity index is 1260. The highest BCUT2D eigenvalue weighted by Crippen LogP contribution is 2.14. The minimum Gasteiger partial charge on any atom is -0.544 e. The molecule has 63 heavy (non-hydrogen) atoms. The van der Waals surface area contributed by atoms with Crippen molar-refractivity contribution in [3.8, 4) is 0 Å². The molecule has 0 radical (unpaired) electrons. The number of rotatable bonds is 45. The first-order chi connectivity index (χ1) is 30.6. The molecule has 8 nitrogen and oxygen atoms in total. The molecule has 8 heteroatoms. The highest BCUT2D eigenvalue weighted by atomic mass is 16.6. The molecule has 0 aromatic rings. The normalized spacial score (nSPS) is 13.5. The van der Waals surface area contributed by atoms with E-state index < -0.39 is 18.1 Å². The van der Waals surface area contributed by atoms with Crippen molar-refractivity contribution in [3.05, 3.63) is 72.9 Å². The summed E-state index contributed by atoms with van der Waals surface area (Å²) in [5, 5.41) is 11.7.